The molecule has 1 amide bonds. The first-order valence-electron chi connectivity index (χ1n) is 11.5. The van der Waals surface area contributed by atoms with E-state index >= 15 is 0 Å². The first-order valence-corrected chi connectivity index (χ1v) is 15.2. The van der Waals surface area contributed by atoms with Crippen LogP contribution >= 0.6 is 0 Å². The van der Waals surface area contributed by atoms with E-state index in [9.17, 15) is 9.90 Å². The summed E-state index contributed by atoms with van der Waals surface area (Å²) in [5.74, 6) is -0.0331. The zero-order valence-electron chi connectivity index (χ0n) is 20.6. The zero-order valence-corrected chi connectivity index (χ0v) is 21.6. The number of piperidine rings is 1. The lowest BCUT2D eigenvalue weighted by atomic mass is 9.84. The van der Waals surface area contributed by atoms with E-state index in [0.717, 1.165) is 34.7 Å². The number of aliphatic hydroxyl groups is 1. The fraction of sp³-hybridized carbons (Fsp3) is 0.667. The van der Waals surface area contributed by atoms with Crippen molar-refractivity contribution in [2.75, 3.05) is 19.7 Å². The standard InChI is InChI=1S/C24H39N3O4Si/c1-17-12-18-14-25-27(16-30-10-11-32(5,6)7)21(18)13-20(17)19-8-9-26(15-22(19)28)23(29)31-24(2,3)4/h12-14,19,22,28H,8-11,15-16H2,1-7H3/t19-,22+/m0/s1. The van der Waals surface area contributed by atoms with Crippen molar-refractivity contribution in [3.8, 4) is 0 Å². The molecule has 7 nitrogen and oxygen atoms in total. The Balaban J connectivity index is 1.72. The van der Waals surface area contributed by atoms with E-state index in [2.05, 4.69) is 43.8 Å². The number of aromatic nitrogens is 2. The van der Waals surface area contributed by atoms with Crippen molar-refractivity contribution in [2.45, 2.75) is 84.2 Å². The van der Waals surface area contributed by atoms with Crippen molar-refractivity contribution >= 4 is 25.1 Å². The lowest BCUT2D eigenvalue weighted by Gasteiger charge is -2.37. The van der Waals surface area contributed by atoms with Gasteiger partial charge in [-0.3, -0.25) is 0 Å². The van der Waals surface area contributed by atoms with E-state index in [0.29, 0.717) is 19.7 Å². The molecule has 0 unspecified atom stereocenters. The SMILES string of the molecule is Cc1cc2cnn(COCC[Si](C)(C)C)c2cc1[C@@H]1CCN(C(=O)OC(C)(C)C)C[C@H]1O. The first kappa shape index (κ1) is 24.7. The molecular formula is C24H39N3O4Si. The maximum absolute atomic E-state index is 12.4. The van der Waals surface area contributed by atoms with Crippen LogP contribution in [-0.2, 0) is 16.2 Å². The summed E-state index contributed by atoms with van der Waals surface area (Å²) in [6, 6.07) is 5.39. The molecule has 1 aliphatic heterocycles. The second-order valence-corrected chi connectivity index (χ2v) is 16.8. The van der Waals surface area contributed by atoms with Crippen LogP contribution in [0.15, 0.2) is 18.3 Å². The highest BCUT2D eigenvalue weighted by atomic mass is 28.3. The van der Waals surface area contributed by atoms with E-state index in [1.165, 1.54) is 0 Å². The van der Waals surface area contributed by atoms with Crippen LogP contribution in [0.3, 0.4) is 0 Å². The van der Waals surface area contributed by atoms with E-state index in [1.807, 2.05) is 31.6 Å². The molecule has 1 fully saturated rings. The Bertz CT molecular complexity index is 945. The molecule has 32 heavy (non-hydrogen) atoms. The zero-order chi connectivity index (χ0) is 23.7. The number of aryl methyl sites for hydroxylation is 1. The maximum Gasteiger partial charge on any atom is 0.410 e. The monoisotopic (exact) mass is 461 g/mol. The third-order valence-corrected chi connectivity index (χ3v) is 7.58. The highest BCUT2D eigenvalue weighted by Gasteiger charge is 2.34. The number of carbonyl (C=O) groups excluding carboxylic acids is 1. The van der Waals surface area contributed by atoms with Gasteiger partial charge in [0.05, 0.1) is 24.4 Å². The van der Waals surface area contributed by atoms with Crippen molar-refractivity contribution in [1.82, 2.24) is 14.7 Å². The van der Waals surface area contributed by atoms with Gasteiger partial charge in [-0.15, -0.1) is 0 Å². The second kappa shape index (κ2) is 9.53. The second-order valence-electron chi connectivity index (χ2n) is 11.1. The van der Waals surface area contributed by atoms with Gasteiger partial charge in [-0.2, -0.15) is 5.10 Å². The Morgan fingerprint density at radius 1 is 1.28 bits per heavy atom. The van der Waals surface area contributed by atoms with Crippen molar-refractivity contribution in [1.29, 1.82) is 0 Å². The molecule has 0 spiro atoms. The van der Waals surface area contributed by atoms with Crippen LogP contribution in [0.1, 0.15) is 44.2 Å². The van der Waals surface area contributed by atoms with Gasteiger partial charge in [-0.25, -0.2) is 9.48 Å². The lowest BCUT2D eigenvalue weighted by molar-refractivity contribution is -0.00156. The molecule has 2 atom stereocenters. The van der Waals surface area contributed by atoms with Crippen molar-refractivity contribution in [3.63, 3.8) is 0 Å². The Morgan fingerprint density at radius 2 is 2.00 bits per heavy atom. The summed E-state index contributed by atoms with van der Waals surface area (Å²) in [5.41, 5.74) is 2.71. The van der Waals surface area contributed by atoms with Crippen molar-refractivity contribution in [2.24, 2.45) is 0 Å². The predicted octanol–water partition coefficient (Wildman–Crippen LogP) is 4.74. The quantitative estimate of drug-likeness (QED) is 0.497. The lowest BCUT2D eigenvalue weighted by Crippen LogP contribution is -2.47. The summed E-state index contributed by atoms with van der Waals surface area (Å²) in [6.45, 7) is 16.7. The number of ether oxygens (including phenoxy) is 2. The summed E-state index contributed by atoms with van der Waals surface area (Å²) in [4.78, 5) is 14.0. The van der Waals surface area contributed by atoms with Gasteiger partial charge in [-0.1, -0.05) is 19.6 Å². The van der Waals surface area contributed by atoms with Crippen LogP contribution in [0.5, 0.6) is 0 Å². The molecule has 2 aromatic rings. The third kappa shape index (κ3) is 6.33. The average Bonchev–Trinajstić information content (AvgIpc) is 3.04. The molecule has 178 valence electrons. The fourth-order valence-electron chi connectivity index (χ4n) is 4.07. The van der Waals surface area contributed by atoms with Crippen LogP contribution in [0.25, 0.3) is 10.9 Å². The number of hydrogen-bond donors (Lipinski definition) is 1. The number of nitrogens with zero attached hydrogens (tertiary/aromatic N) is 3. The Hall–Kier alpha value is -1.90. The highest BCUT2D eigenvalue weighted by Crippen LogP contribution is 2.33. The molecule has 8 heteroatoms. The number of likely N-dealkylation sites (tertiary alicyclic amines) is 1. The normalized spacial score (nSPS) is 20.1. The van der Waals surface area contributed by atoms with Gasteiger partial charge in [0.2, 0.25) is 0 Å². The van der Waals surface area contributed by atoms with Crippen LogP contribution in [0.2, 0.25) is 25.7 Å². The van der Waals surface area contributed by atoms with Crippen molar-refractivity contribution in [3.05, 3.63) is 29.5 Å². The molecule has 1 aromatic carbocycles. The molecule has 1 N–H and O–H groups in total. The molecule has 0 saturated carbocycles. The molecule has 0 bridgehead atoms. The average molecular weight is 462 g/mol. The molecule has 1 aromatic heterocycles. The van der Waals surface area contributed by atoms with Crippen LogP contribution in [-0.4, -0.2) is 65.4 Å². The number of benzene rings is 1. The number of aliphatic hydroxyl groups excluding tert-OH is 1. The third-order valence-electron chi connectivity index (χ3n) is 5.87. The minimum atomic E-state index is -1.13. The van der Waals surface area contributed by atoms with Gasteiger partial charge >= 0.3 is 6.09 Å². The number of amides is 1. The minimum Gasteiger partial charge on any atom is -0.444 e. The molecule has 1 saturated heterocycles. The number of β-amino-alcohol motifs (C(OH)–C–C–N with tert-alkyl or cyclic N) is 1. The van der Waals surface area contributed by atoms with Gasteiger partial charge in [0.25, 0.3) is 0 Å². The fourth-order valence-corrected chi connectivity index (χ4v) is 4.83. The number of fused-ring (bicyclic) bond motifs is 1. The number of carbonyl (C=O) groups is 1. The summed E-state index contributed by atoms with van der Waals surface area (Å²) in [6.07, 6.45) is 1.55. The van der Waals surface area contributed by atoms with E-state index in [-0.39, 0.29) is 18.6 Å². The molecule has 1 aliphatic rings. The molecule has 3 rings (SSSR count). The Morgan fingerprint density at radius 3 is 2.62 bits per heavy atom. The Labute approximate surface area is 192 Å². The van der Waals surface area contributed by atoms with Crippen LogP contribution in [0, 0.1) is 6.92 Å². The Kier molecular flexibility index (Phi) is 7.37. The predicted molar refractivity (Wildman–Crippen MR) is 130 cm³/mol. The molecule has 0 aliphatic carbocycles. The van der Waals surface area contributed by atoms with Gasteiger partial charge in [0.1, 0.15) is 12.3 Å². The van der Waals surface area contributed by atoms with Gasteiger partial charge in [-0.05, 0) is 63.4 Å². The van der Waals surface area contributed by atoms with Crippen LogP contribution < -0.4 is 0 Å². The largest absolute Gasteiger partial charge is 0.444 e. The highest BCUT2D eigenvalue weighted by molar-refractivity contribution is 6.76. The summed E-state index contributed by atoms with van der Waals surface area (Å²) in [7, 11) is -1.13. The summed E-state index contributed by atoms with van der Waals surface area (Å²) in [5, 5.41) is 16.5. The number of rotatable bonds is 6. The molecule has 2 heterocycles. The molecule has 0 radical (unpaired) electrons. The smallest absolute Gasteiger partial charge is 0.410 e. The first-order chi connectivity index (χ1) is 14.8. The van der Waals surface area contributed by atoms with Crippen molar-refractivity contribution < 1.29 is 19.4 Å². The van der Waals surface area contributed by atoms with Gasteiger partial charge in [0, 0.05) is 32.5 Å². The summed E-state index contributed by atoms with van der Waals surface area (Å²) < 4.78 is 13.3. The minimum absolute atomic E-state index is 0.0331. The topological polar surface area (TPSA) is 76.8 Å². The van der Waals surface area contributed by atoms with E-state index in [4.69, 9.17) is 9.47 Å². The van der Waals surface area contributed by atoms with E-state index < -0.39 is 19.8 Å². The molecular weight excluding hydrogens is 422 g/mol. The van der Waals surface area contributed by atoms with E-state index in [1.54, 1.807) is 4.90 Å². The number of hydrogen-bond acceptors (Lipinski definition) is 5. The summed E-state index contributed by atoms with van der Waals surface area (Å²) >= 11 is 0. The maximum atomic E-state index is 12.4. The van der Waals surface area contributed by atoms with Gasteiger partial charge in [0.15, 0.2) is 0 Å². The van der Waals surface area contributed by atoms with Crippen LogP contribution in [0.4, 0.5) is 4.79 Å². The van der Waals surface area contributed by atoms with Gasteiger partial charge < -0.3 is 19.5 Å².